The number of halogens is 1. The van der Waals surface area contributed by atoms with Crippen molar-refractivity contribution in [3.63, 3.8) is 0 Å². The van der Waals surface area contributed by atoms with Crippen LogP contribution in [0.15, 0.2) is 54.6 Å². The average molecular weight is 596 g/mol. The maximum Gasteiger partial charge on any atom is 0.304 e. The predicted molar refractivity (Wildman–Crippen MR) is 178 cm³/mol. The van der Waals surface area contributed by atoms with Crippen molar-refractivity contribution in [2.24, 2.45) is 11.8 Å². The molecule has 0 bridgehead atoms. The molecule has 3 rings (SSSR count). The van der Waals surface area contributed by atoms with E-state index in [1.54, 1.807) is 0 Å². The van der Waals surface area contributed by atoms with Crippen molar-refractivity contribution in [1.29, 1.82) is 0 Å². The highest BCUT2D eigenvalue weighted by atomic mass is 35.5. The first-order chi connectivity index (χ1) is 20.2. The van der Waals surface area contributed by atoms with Gasteiger partial charge in [-0.15, -0.1) is 0 Å². The molecule has 2 unspecified atom stereocenters. The number of para-hydroxylation sites is 1. The highest BCUT2D eigenvalue weighted by Gasteiger charge is 2.24. The number of carboxylic acids is 1. The van der Waals surface area contributed by atoms with E-state index in [4.69, 9.17) is 27.9 Å². The van der Waals surface area contributed by atoms with E-state index in [2.05, 4.69) is 51.1 Å². The Morgan fingerprint density at radius 1 is 1.07 bits per heavy atom. The Morgan fingerprint density at radius 2 is 1.79 bits per heavy atom. The molecule has 42 heavy (non-hydrogen) atoms. The molecular formula is C35H50ClN3O3. The highest BCUT2D eigenvalue weighted by molar-refractivity contribution is 6.34. The lowest BCUT2D eigenvalue weighted by molar-refractivity contribution is -0.137. The van der Waals surface area contributed by atoms with Gasteiger partial charge in [0.05, 0.1) is 29.4 Å². The number of hydrogen-bond donors (Lipinski definition) is 3. The molecule has 0 aliphatic heterocycles. The van der Waals surface area contributed by atoms with Crippen LogP contribution < -0.4 is 21.3 Å². The van der Waals surface area contributed by atoms with E-state index in [9.17, 15) is 9.90 Å². The van der Waals surface area contributed by atoms with Gasteiger partial charge in [0.15, 0.2) is 0 Å². The molecule has 0 fully saturated rings. The first-order valence-electron chi connectivity index (χ1n) is 15.3. The van der Waals surface area contributed by atoms with Crippen molar-refractivity contribution >= 4 is 28.9 Å². The van der Waals surface area contributed by atoms with Crippen LogP contribution in [0, 0.1) is 12.8 Å². The zero-order chi connectivity index (χ0) is 31.2. The van der Waals surface area contributed by atoms with Gasteiger partial charge in [-0.25, -0.2) is 5.84 Å². The standard InChI is InChI=1S/C33H44ClN3O3.C2H6/c1-5-18-40-30-13-8-7-11-24(30)12-9-10-22(3)19-26-20-25(15-14-23(26)4)28(21-31(38)39)27-16-17-29(37(36)6-2)33(35)32(27)34;1-2/h7-8,11,13-17,20,22,28H,5-6,9-10,12,18-19,21,35-36H2,1-4H3,(H,38,39);1-2H3. The summed E-state index contributed by atoms with van der Waals surface area (Å²) in [7, 11) is 0. The largest absolute Gasteiger partial charge is 0.493 e. The second-order valence-corrected chi connectivity index (χ2v) is 11.1. The average Bonchev–Trinajstić information content (AvgIpc) is 2.98. The second-order valence-electron chi connectivity index (χ2n) is 10.7. The van der Waals surface area contributed by atoms with Crippen LogP contribution in [-0.2, 0) is 17.6 Å². The van der Waals surface area contributed by atoms with Crippen LogP contribution in [0.2, 0.25) is 5.02 Å². The van der Waals surface area contributed by atoms with Crippen molar-refractivity contribution < 1.29 is 14.6 Å². The Hall–Kier alpha value is -3.22. The minimum absolute atomic E-state index is 0.0871. The van der Waals surface area contributed by atoms with Crippen LogP contribution in [-0.4, -0.2) is 24.2 Å². The summed E-state index contributed by atoms with van der Waals surface area (Å²) in [5.41, 5.74) is 12.6. The van der Waals surface area contributed by atoms with E-state index in [0.717, 1.165) is 50.0 Å². The molecule has 0 amide bonds. The molecule has 5 N–H and O–H groups in total. The zero-order valence-electron chi connectivity index (χ0n) is 26.3. The van der Waals surface area contributed by atoms with E-state index in [1.165, 1.54) is 21.7 Å². The first kappa shape index (κ1) is 35.0. The van der Waals surface area contributed by atoms with Gasteiger partial charge >= 0.3 is 5.97 Å². The Morgan fingerprint density at radius 3 is 2.45 bits per heavy atom. The Labute approximate surface area is 258 Å². The van der Waals surface area contributed by atoms with Crippen molar-refractivity contribution in [2.75, 3.05) is 23.9 Å². The molecule has 230 valence electrons. The predicted octanol–water partition coefficient (Wildman–Crippen LogP) is 8.55. The Balaban J connectivity index is 0.00000301. The number of aryl methyl sites for hydroxylation is 2. The van der Waals surface area contributed by atoms with Gasteiger partial charge in [0, 0.05) is 12.5 Å². The van der Waals surface area contributed by atoms with Crippen molar-refractivity contribution in [2.45, 2.75) is 86.0 Å². The summed E-state index contributed by atoms with van der Waals surface area (Å²) >= 11 is 6.72. The number of carbonyl (C=O) groups is 1. The lowest BCUT2D eigenvalue weighted by Gasteiger charge is -2.24. The first-order valence-corrected chi connectivity index (χ1v) is 15.7. The maximum atomic E-state index is 11.9. The zero-order valence-corrected chi connectivity index (χ0v) is 27.0. The van der Waals surface area contributed by atoms with Gasteiger partial charge in [-0.2, -0.15) is 0 Å². The molecule has 6 nitrogen and oxygen atoms in total. The fourth-order valence-electron chi connectivity index (χ4n) is 5.18. The van der Waals surface area contributed by atoms with Gasteiger partial charge in [0.1, 0.15) is 5.75 Å². The van der Waals surface area contributed by atoms with Crippen molar-refractivity contribution in [1.82, 2.24) is 0 Å². The number of rotatable bonds is 15. The van der Waals surface area contributed by atoms with Gasteiger partial charge < -0.3 is 20.6 Å². The normalized spacial score (nSPS) is 12.2. The number of benzene rings is 3. The maximum absolute atomic E-state index is 11.9. The summed E-state index contributed by atoms with van der Waals surface area (Å²) in [4.78, 5) is 11.9. The molecule has 0 aliphatic carbocycles. The minimum atomic E-state index is -0.892. The number of nitrogens with two attached hydrogens (primary N) is 2. The fraction of sp³-hybridized carbons (Fsp3) is 0.457. The second kappa shape index (κ2) is 17.7. The fourth-order valence-corrected chi connectivity index (χ4v) is 5.47. The summed E-state index contributed by atoms with van der Waals surface area (Å²) in [6.45, 7) is 13.7. The third kappa shape index (κ3) is 9.67. The number of carboxylic acid groups (broad SMARTS) is 1. The number of aliphatic carboxylic acids is 1. The molecule has 0 heterocycles. The van der Waals surface area contributed by atoms with Crippen molar-refractivity contribution in [3.8, 4) is 5.75 Å². The molecule has 2 atom stereocenters. The Bertz CT molecular complexity index is 1280. The van der Waals surface area contributed by atoms with E-state index >= 15 is 0 Å². The van der Waals surface area contributed by atoms with Gasteiger partial charge in [-0.3, -0.25) is 4.79 Å². The summed E-state index contributed by atoms with van der Waals surface area (Å²) < 4.78 is 5.93. The monoisotopic (exact) mass is 595 g/mol. The molecule has 0 aliphatic rings. The van der Waals surface area contributed by atoms with Crippen LogP contribution >= 0.6 is 11.6 Å². The van der Waals surface area contributed by atoms with E-state index < -0.39 is 11.9 Å². The molecular weight excluding hydrogens is 546 g/mol. The summed E-state index contributed by atoms with van der Waals surface area (Å²) in [6, 6.07) is 18.2. The molecule has 7 heteroatoms. The molecule has 3 aromatic carbocycles. The third-order valence-electron chi connectivity index (χ3n) is 7.51. The number of ether oxygens (including phenoxy) is 1. The number of anilines is 2. The lowest BCUT2D eigenvalue weighted by Crippen LogP contribution is -2.31. The van der Waals surface area contributed by atoms with Gasteiger partial charge in [-0.05, 0) is 85.4 Å². The van der Waals surface area contributed by atoms with Crippen LogP contribution in [0.3, 0.4) is 0 Å². The van der Waals surface area contributed by atoms with Crippen LogP contribution in [0.25, 0.3) is 0 Å². The van der Waals surface area contributed by atoms with E-state index in [1.807, 2.05) is 45.0 Å². The number of nitrogens with zero attached hydrogens (tertiary/aromatic N) is 1. The molecule has 3 aromatic rings. The van der Waals surface area contributed by atoms with Crippen LogP contribution in [0.1, 0.15) is 94.0 Å². The SMILES string of the molecule is CC.CCCOc1ccccc1CCCC(C)Cc1cc(C(CC(=O)O)c2ccc(N(N)CC)c(N)c2Cl)ccc1C. The lowest BCUT2D eigenvalue weighted by atomic mass is 9.84. The topological polar surface area (TPSA) is 102 Å². The van der Waals surface area contributed by atoms with Crippen molar-refractivity contribution in [3.05, 3.63) is 87.4 Å². The van der Waals surface area contributed by atoms with Crippen LogP contribution in [0.5, 0.6) is 5.75 Å². The molecule has 0 radical (unpaired) electrons. The molecule has 0 spiro atoms. The molecule has 0 saturated heterocycles. The quantitative estimate of drug-likeness (QED) is 0.0924. The molecule has 0 saturated carbocycles. The van der Waals surface area contributed by atoms with E-state index in [-0.39, 0.29) is 6.42 Å². The smallest absolute Gasteiger partial charge is 0.304 e. The summed E-state index contributed by atoms with van der Waals surface area (Å²) in [6.07, 6.45) is 4.97. The summed E-state index contributed by atoms with van der Waals surface area (Å²) in [5, 5.41) is 11.6. The Kier molecular flexibility index (Phi) is 14.7. The number of hydrazine groups is 1. The van der Waals surface area contributed by atoms with E-state index in [0.29, 0.717) is 34.4 Å². The number of nitrogen functional groups attached to an aromatic ring is 1. The molecule has 0 aromatic heterocycles. The summed E-state index contributed by atoms with van der Waals surface area (Å²) in [5.74, 6) is 6.20. The van der Waals surface area contributed by atoms with Gasteiger partial charge in [-0.1, -0.05) is 88.2 Å². The third-order valence-corrected chi connectivity index (χ3v) is 7.93. The van der Waals surface area contributed by atoms with Crippen LogP contribution in [0.4, 0.5) is 11.4 Å². The highest BCUT2D eigenvalue weighted by Crippen LogP contribution is 2.40. The van der Waals surface area contributed by atoms with Gasteiger partial charge in [0.2, 0.25) is 0 Å². The minimum Gasteiger partial charge on any atom is -0.493 e. The number of hydrogen-bond acceptors (Lipinski definition) is 5. The van der Waals surface area contributed by atoms with Gasteiger partial charge in [0.25, 0.3) is 0 Å².